The summed E-state index contributed by atoms with van der Waals surface area (Å²) in [5, 5.41) is 4.19. The number of anilines is 1. The Morgan fingerprint density at radius 3 is 3.00 bits per heavy atom. The van der Waals surface area contributed by atoms with Crippen LogP contribution in [-0.4, -0.2) is 33.4 Å². The summed E-state index contributed by atoms with van der Waals surface area (Å²) in [7, 11) is 2.15. The molecule has 0 bridgehead atoms. The van der Waals surface area contributed by atoms with E-state index in [4.69, 9.17) is 16.3 Å². The molecule has 1 fully saturated rings. The predicted octanol–water partition coefficient (Wildman–Crippen LogP) is 3.31. The van der Waals surface area contributed by atoms with E-state index < -0.39 is 0 Å². The van der Waals surface area contributed by atoms with E-state index in [-0.39, 0.29) is 0 Å². The Kier molecular flexibility index (Phi) is 6.14. The summed E-state index contributed by atoms with van der Waals surface area (Å²) >= 11 is 6.17. The number of halogens is 1. The lowest BCUT2D eigenvalue weighted by Crippen LogP contribution is -2.31. The zero-order valence-corrected chi connectivity index (χ0v) is 13.2. The van der Waals surface area contributed by atoms with Crippen LogP contribution in [-0.2, 0) is 11.3 Å². The van der Waals surface area contributed by atoms with Gasteiger partial charge in [0.15, 0.2) is 0 Å². The molecule has 1 atom stereocenters. The first kappa shape index (κ1) is 15.6. The van der Waals surface area contributed by atoms with Gasteiger partial charge in [-0.15, -0.1) is 0 Å². The molecule has 0 spiro atoms. The predicted molar refractivity (Wildman–Crippen MR) is 85.6 cm³/mol. The highest BCUT2D eigenvalue weighted by Gasteiger charge is 2.17. The van der Waals surface area contributed by atoms with Gasteiger partial charge in [-0.25, -0.2) is 0 Å². The Morgan fingerprint density at radius 2 is 2.30 bits per heavy atom. The highest BCUT2D eigenvalue weighted by atomic mass is 35.5. The molecule has 1 unspecified atom stereocenters. The fraction of sp³-hybridized carbons (Fsp3) is 0.625. The second-order valence-corrected chi connectivity index (χ2v) is 5.95. The van der Waals surface area contributed by atoms with E-state index in [0.29, 0.717) is 5.92 Å². The van der Waals surface area contributed by atoms with Gasteiger partial charge in [0.2, 0.25) is 0 Å². The zero-order chi connectivity index (χ0) is 14.4. The standard InChI is InChI=1S/C16H25ClN2O/c1-3-18-10-14-6-7-15(17)9-16(14)19(2)11-13-5-4-8-20-12-13/h6-7,9,13,18H,3-5,8,10-12H2,1-2H3. The van der Waals surface area contributed by atoms with Crippen molar-refractivity contribution in [3.05, 3.63) is 28.8 Å². The number of rotatable bonds is 6. The summed E-state index contributed by atoms with van der Waals surface area (Å²) in [5.74, 6) is 0.625. The van der Waals surface area contributed by atoms with Crippen molar-refractivity contribution >= 4 is 17.3 Å². The van der Waals surface area contributed by atoms with E-state index >= 15 is 0 Å². The van der Waals surface area contributed by atoms with Gasteiger partial charge in [-0.1, -0.05) is 24.6 Å². The minimum atomic E-state index is 0.625. The van der Waals surface area contributed by atoms with E-state index in [0.717, 1.165) is 37.9 Å². The van der Waals surface area contributed by atoms with Gasteiger partial charge in [0.1, 0.15) is 0 Å². The number of benzene rings is 1. The monoisotopic (exact) mass is 296 g/mol. The molecule has 0 radical (unpaired) electrons. The van der Waals surface area contributed by atoms with Crippen molar-refractivity contribution in [1.82, 2.24) is 5.32 Å². The number of nitrogens with zero attached hydrogens (tertiary/aromatic N) is 1. The van der Waals surface area contributed by atoms with Crippen molar-refractivity contribution in [2.45, 2.75) is 26.3 Å². The average molecular weight is 297 g/mol. The van der Waals surface area contributed by atoms with Crippen LogP contribution in [0.4, 0.5) is 5.69 Å². The molecule has 0 aliphatic carbocycles. The van der Waals surface area contributed by atoms with E-state index in [2.05, 4.69) is 36.3 Å². The van der Waals surface area contributed by atoms with E-state index in [1.54, 1.807) is 0 Å². The Bertz CT molecular complexity index is 419. The van der Waals surface area contributed by atoms with Crippen LogP contribution in [0.1, 0.15) is 25.3 Å². The third-order valence-corrected chi connectivity index (χ3v) is 4.05. The minimum Gasteiger partial charge on any atom is -0.381 e. The summed E-state index contributed by atoms with van der Waals surface area (Å²) in [6, 6.07) is 6.15. The second-order valence-electron chi connectivity index (χ2n) is 5.52. The van der Waals surface area contributed by atoms with Crippen molar-refractivity contribution < 1.29 is 4.74 Å². The van der Waals surface area contributed by atoms with Gasteiger partial charge in [-0.2, -0.15) is 0 Å². The lowest BCUT2D eigenvalue weighted by Gasteiger charge is -2.30. The number of hydrogen-bond acceptors (Lipinski definition) is 3. The van der Waals surface area contributed by atoms with Gasteiger partial charge >= 0.3 is 0 Å². The fourth-order valence-corrected chi connectivity index (χ4v) is 2.90. The van der Waals surface area contributed by atoms with Crippen LogP contribution in [0, 0.1) is 5.92 Å². The first-order valence-corrected chi connectivity index (χ1v) is 7.86. The van der Waals surface area contributed by atoms with Crippen LogP contribution < -0.4 is 10.2 Å². The van der Waals surface area contributed by atoms with Gasteiger partial charge < -0.3 is 15.0 Å². The van der Waals surface area contributed by atoms with Crippen LogP contribution in [0.2, 0.25) is 5.02 Å². The maximum absolute atomic E-state index is 6.17. The molecule has 1 aromatic rings. The largest absolute Gasteiger partial charge is 0.381 e. The van der Waals surface area contributed by atoms with Gasteiger partial charge in [-0.3, -0.25) is 0 Å². The van der Waals surface area contributed by atoms with Crippen LogP contribution in [0.5, 0.6) is 0 Å². The highest BCUT2D eigenvalue weighted by molar-refractivity contribution is 6.30. The van der Waals surface area contributed by atoms with Crippen molar-refractivity contribution in [2.24, 2.45) is 5.92 Å². The first-order valence-electron chi connectivity index (χ1n) is 7.48. The molecular weight excluding hydrogens is 272 g/mol. The van der Waals surface area contributed by atoms with Crippen molar-refractivity contribution in [1.29, 1.82) is 0 Å². The number of nitrogens with one attached hydrogen (secondary N) is 1. The highest BCUT2D eigenvalue weighted by Crippen LogP contribution is 2.26. The third kappa shape index (κ3) is 4.37. The Morgan fingerprint density at radius 1 is 1.45 bits per heavy atom. The Labute approximate surface area is 127 Å². The maximum atomic E-state index is 6.17. The van der Waals surface area contributed by atoms with Crippen LogP contribution in [0.15, 0.2) is 18.2 Å². The topological polar surface area (TPSA) is 24.5 Å². The van der Waals surface area contributed by atoms with Gasteiger partial charge in [-0.05, 0) is 43.0 Å². The first-order chi connectivity index (χ1) is 9.70. The van der Waals surface area contributed by atoms with Gasteiger partial charge in [0.25, 0.3) is 0 Å². The van der Waals surface area contributed by atoms with Crippen LogP contribution in [0.3, 0.4) is 0 Å². The van der Waals surface area contributed by atoms with E-state index in [9.17, 15) is 0 Å². The molecule has 3 nitrogen and oxygen atoms in total. The summed E-state index contributed by atoms with van der Waals surface area (Å²) in [6.45, 7) is 6.81. The molecule has 1 saturated heterocycles. The zero-order valence-electron chi connectivity index (χ0n) is 12.5. The summed E-state index contributed by atoms with van der Waals surface area (Å²) < 4.78 is 5.57. The van der Waals surface area contributed by atoms with Gasteiger partial charge in [0, 0.05) is 37.5 Å². The number of hydrogen-bond donors (Lipinski definition) is 1. The molecule has 0 amide bonds. The quantitative estimate of drug-likeness (QED) is 0.871. The molecule has 0 aromatic heterocycles. The summed E-state index contributed by atoms with van der Waals surface area (Å²) in [4.78, 5) is 2.32. The smallest absolute Gasteiger partial charge is 0.0511 e. The summed E-state index contributed by atoms with van der Waals surface area (Å²) in [6.07, 6.45) is 2.44. The van der Waals surface area contributed by atoms with Crippen molar-refractivity contribution in [3.8, 4) is 0 Å². The molecule has 1 N–H and O–H groups in total. The fourth-order valence-electron chi connectivity index (χ4n) is 2.74. The lowest BCUT2D eigenvalue weighted by atomic mass is 10.0. The van der Waals surface area contributed by atoms with Crippen LogP contribution >= 0.6 is 11.6 Å². The molecule has 4 heteroatoms. The molecule has 20 heavy (non-hydrogen) atoms. The average Bonchev–Trinajstić information content (AvgIpc) is 2.47. The Hall–Kier alpha value is -0.770. The second kappa shape index (κ2) is 7.87. The molecule has 1 aliphatic rings. The van der Waals surface area contributed by atoms with Crippen LogP contribution in [0.25, 0.3) is 0 Å². The molecule has 1 heterocycles. The maximum Gasteiger partial charge on any atom is 0.0511 e. The third-order valence-electron chi connectivity index (χ3n) is 3.81. The molecule has 112 valence electrons. The Balaban J connectivity index is 2.06. The summed E-state index contributed by atoms with van der Waals surface area (Å²) in [5.41, 5.74) is 2.53. The number of ether oxygens (including phenoxy) is 1. The lowest BCUT2D eigenvalue weighted by molar-refractivity contribution is 0.0576. The molecule has 2 rings (SSSR count). The molecule has 1 aliphatic heterocycles. The normalized spacial score (nSPS) is 19.1. The SMILES string of the molecule is CCNCc1ccc(Cl)cc1N(C)CC1CCCOC1. The van der Waals surface area contributed by atoms with E-state index in [1.807, 2.05) is 6.07 Å². The molecule has 1 aromatic carbocycles. The van der Waals surface area contributed by atoms with Crippen molar-refractivity contribution in [3.63, 3.8) is 0 Å². The molecule has 0 saturated carbocycles. The van der Waals surface area contributed by atoms with E-state index in [1.165, 1.54) is 24.1 Å². The van der Waals surface area contributed by atoms with Gasteiger partial charge in [0.05, 0.1) is 6.61 Å². The minimum absolute atomic E-state index is 0.625. The molecular formula is C16H25ClN2O. The van der Waals surface area contributed by atoms with Crippen molar-refractivity contribution in [2.75, 3.05) is 38.3 Å².